The molecule has 8 heteroatoms. The van der Waals surface area contributed by atoms with Crippen LogP contribution < -0.4 is 10.1 Å². The summed E-state index contributed by atoms with van der Waals surface area (Å²) in [5, 5.41) is 2.82. The molecule has 0 unspecified atom stereocenters. The zero-order valence-corrected chi connectivity index (χ0v) is 14.4. The summed E-state index contributed by atoms with van der Waals surface area (Å²) in [5.41, 5.74) is 0.847. The molecule has 1 saturated heterocycles. The molecule has 6 nitrogen and oxygen atoms in total. The first kappa shape index (κ1) is 16.6. The Balaban J connectivity index is 1.46. The molecule has 2 heterocycles. The minimum absolute atomic E-state index is 0.122. The van der Waals surface area contributed by atoms with E-state index >= 15 is 0 Å². The van der Waals surface area contributed by atoms with Gasteiger partial charge in [-0.1, -0.05) is 12.1 Å². The van der Waals surface area contributed by atoms with Crippen LogP contribution in [0.1, 0.15) is 12.0 Å². The summed E-state index contributed by atoms with van der Waals surface area (Å²) in [7, 11) is 0. The van der Waals surface area contributed by atoms with Gasteiger partial charge in [-0.2, -0.15) is 0 Å². The maximum atomic E-state index is 12.9. The van der Waals surface area contributed by atoms with E-state index in [4.69, 9.17) is 4.74 Å². The summed E-state index contributed by atoms with van der Waals surface area (Å²) < 4.78 is 19.3. The molecule has 0 bridgehead atoms. The first-order chi connectivity index (χ1) is 11.6. The normalized spacial score (nSPS) is 16.9. The van der Waals surface area contributed by atoms with Crippen molar-refractivity contribution >= 4 is 22.0 Å². The van der Waals surface area contributed by atoms with Gasteiger partial charge in [0, 0.05) is 31.9 Å². The van der Waals surface area contributed by atoms with Gasteiger partial charge in [0.05, 0.1) is 11.0 Å². The van der Waals surface area contributed by atoms with Crippen molar-refractivity contribution in [2.75, 3.05) is 13.1 Å². The molecule has 1 aliphatic rings. The molecule has 3 rings (SSSR count). The molecule has 24 heavy (non-hydrogen) atoms. The Morgan fingerprint density at radius 3 is 2.75 bits per heavy atom. The van der Waals surface area contributed by atoms with Crippen LogP contribution in [0.15, 0.2) is 41.1 Å². The molecule has 0 aliphatic carbocycles. The van der Waals surface area contributed by atoms with Crippen LogP contribution in [0, 0.1) is 5.82 Å². The standard InChI is InChI=1S/C16H16BrFN4O2/c17-12-8-19-15(20-9-12)24-14-5-6-22(10-14)16(23)21-7-11-1-3-13(18)4-2-11/h1-4,8-9,14H,5-7,10H2,(H,21,23)/t14-/m1/s1. The van der Waals surface area contributed by atoms with Crippen molar-refractivity contribution in [1.29, 1.82) is 0 Å². The quantitative estimate of drug-likeness (QED) is 0.865. The molecule has 2 amide bonds. The largest absolute Gasteiger partial charge is 0.458 e. The fourth-order valence-electron chi connectivity index (χ4n) is 2.41. The molecule has 0 saturated carbocycles. The lowest BCUT2D eigenvalue weighted by Crippen LogP contribution is -2.39. The van der Waals surface area contributed by atoms with Gasteiger partial charge in [-0.25, -0.2) is 19.2 Å². The number of aromatic nitrogens is 2. The summed E-state index contributed by atoms with van der Waals surface area (Å²) in [5.74, 6) is -0.292. The van der Waals surface area contributed by atoms with Crippen molar-refractivity contribution in [2.24, 2.45) is 0 Å². The second kappa shape index (κ2) is 7.57. The molecular formula is C16H16BrFN4O2. The molecule has 1 atom stereocenters. The van der Waals surface area contributed by atoms with Gasteiger partial charge in [0.15, 0.2) is 0 Å². The number of amides is 2. The lowest BCUT2D eigenvalue weighted by molar-refractivity contribution is 0.178. The summed E-state index contributed by atoms with van der Waals surface area (Å²) in [6, 6.07) is 6.19. The summed E-state index contributed by atoms with van der Waals surface area (Å²) >= 11 is 3.26. The Kier molecular flexibility index (Phi) is 5.24. The predicted molar refractivity (Wildman–Crippen MR) is 89.0 cm³/mol. The molecule has 2 aromatic rings. The molecule has 1 aromatic carbocycles. The number of halogens is 2. The maximum absolute atomic E-state index is 12.9. The van der Waals surface area contributed by atoms with Crippen LogP contribution in [0.5, 0.6) is 6.01 Å². The van der Waals surface area contributed by atoms with E-state index in [0.29, 0.717) is 25.6 Å². The van der Waals surface area contributed by atoms with Crippen LogP contribution in [-0.2, 0) is 6.54 Å². The number of nitrogens with zero attached hydrogens (tertiary/aromatic N) is 3. The molecule has 1 aromatic heterocycles. The lowest BCUT2D eigenvalue weighted by atomic mass is 10.2. The van der Waals surface area contributed by atoms with E-state index in [-0.39, 0.29) is 18.0 Å². The SMILES string of the molecule is O=C(NCc1ccc(F)cc1)N1CC[C@@H](Oc2ncc(Br)cn2)C1. The van der Waals surface area contributed by atoms with Gasteiger partial charge in [0.25, 0.3) is 0 Å². The summed E-state index contributed by atoms with van der Waals surface area (Å²) in [6.45, 7) is 1.45. The van der Waals surface area contributed by atoms with Gasteiger partial charge >= 0.3 is 12.0 Å². The molecule has 0 spiro atoms. The Morgan fingerprint density at radius 1 is 1.33 bits per heavy atom. The van der Waals surface area contributed by atoms with E-state index in [1.807, 2.05) is 0 Å². The van der Waals surface area contributed by atoms with E-state index in [0.717, 1.165) is 16.5 Å². The van der Waals surface area contributed by atoms with E-state index < -0.39 is 0 Å². The van der Waals surface area contributed by atoms with Gasteiger partial charge in [-0.15, -0.1) is 0 Å². The highest BCUT2D eigenvalue weighted by Crippen LogP contribution is 2.16. The van der Waals surface area contributed by atoms with Crippen molar-refractivity contribution in [2.45, 2.75) is 19.1 Å². The van der Waals surface area contributed by atoms with Gasteiger partial charge in [-0.05, 0) is 33.6 Å². The Morgan fingerprint density at radius 2 is 2.04 bits per heavy atom. The van der Waals surface area contributed by atoms with Crippen LogP contribution >= 0.6 is 15.9 Å². The number of nitrogens with one attached hydrogen (secondary N) is 1. The number of likely N-dealkylation sites (tertiary alicyclic amines) is 1. The first-order valence-corrected chi connectivity index (χ1v) is 8.31. The van der Waals surface area contributed by atoms with Gasteiger partial charge in [0.1, 0.15) is 11.9 Å². The zero-order chi connectivity index (χ0) is 16.9. The molecule has 1 aliphatic heterocycles. The van der Waals surface area contributed by atoms with Crippen molar-refractivity contribution < 1.29 is 13.9 Å². The smallest absolute Gasteiger partial charge is 0.317 e. The maximum Gasteiger partial charge on any atom is 0.317 e. The topological polar surface area (TPSA) is 67.4 Å². The fraction of sp³-hybridized carbons (Fsp3) is 0.312. The lowest BCUT2D eigenvalue weighted by Gasteiger charge is -2.17. The Bertz CT molecular complexity index is 696. The van der Waals surface area contributed by atoms with Crippen LogP contribution in [0.3, 0.4) is 0 Å². The van der Waals surface area contributed by atoms with Crippen LogP contribution in [-0.4, -0.2) is 40.1 Å². The van der Waals surface area contributed by atoms with E-state index in [2.05, 4.69) is 31.2 Å². The first-order valence-electron chi connectivity index (χ1n) is 7.51. The number of ether oxygens (including phenoxy) is 1. The summed E-state index contributed by atoms with van der Waals surface area (Å²) in [6.07, 6.45) is 3.83. The average Bonchev–Trinajstić information content (AvgIpc) is 3.05. The third kappa shape index (κ3) is 4.41. The van der Waals surface area contributed by atoms with Crippen molar-refractivity contribution in [3.05, 3.63) is 52.5 Å². The second-order valence-electron chi connectivity index (χ2n) is 5.44. The number of hydrogen-bond acceptors (Lipinski definition) is 4. The molecule has 0 radical (unpaired) electrons. The van der Waals surface area contributed by atoms with Gasteiger partial charge < -0.3 is 15.0 Å². The number of carbonyl (C=O) groups is 1. The monoisotopic (exact) mass is 394 g/mol. The van der Waals surface area contributed by atoms with E-state index in [1.54, 1.807) is 29.4 Å². The zero-order valence-electron chi connectivity index (χ0n) is 12.8. The van der Waals surface area contributed by atoms with Crippen molar-refractivity contribution in [1.82, 2.24) is 20.2 Å². The average molecular weight is 395 g/mol. The van der Waals surface area contributed by atoms with E-state index in [9.17, 15) is 9.18 Å². The van der Waals surface area contributed by atoms with E-state index in [1.165, 1.54) is 12.1 Å². The second-order valence-corrected chi connectivity index (χ2v) is 6.36. The highest BCUT2D eigenvalue weighted by Gasteiger charge is 2.28. The number of benzene rings is 1. The number of hydrogen-bond donors (Lipinski definition) is 1. The minimum Gasteiger partial charge on any atom is -0.458 e. The van der Waals surface area contributed by atoms with Crippen LogP contribution in [0.25, 0.3) is 0 Å². The van der Waals surface area contributed by atoms with Gasteiger partial charge in [0.2, 0.25) is 0 Å². The third-order valence-electron chi connectivity index (χ3n) is 3.66. The Labute approximate surface area is 147 Å². The van der Waals surface area contributed by atoms with Gasteiger partial charge in [-0.3, -0.25) is 0 Å². The van der Waals surface area contributed by atoms with Crippen molar-refractivity contribution in [3.63, 3.8) is 0 Å². The number of rotatable bonds is 4. The van der Waals surface area contributed by atoms with Crippen molar-refractivity contribution in [3.8, 4) is 6.01 Å². The molecule has 1 fully saturated rings. The predicted octanol–water partition coefficient (Wildman–Crippen LogP) is 2.74. The summed E-state index contributed by atoms with van der Waals surface area (Å²) in [4.78, 5) is 22.0. The minimum atomic E-state index is -0.292. The number of urea groups is 1. The third-order valence-corrected chi connectivity index (χ3v) is 4.07. The number of carbonyl (C=O) groups excluding carboxylic acids is 1. The molecular weight excluding hydrogens is 379 g/mol. The fourth-order valence-corrected chi connectivity index (χ4v) is 2.62. The molecule has 1 N–H and O–H groups in total. The highest BCUT2D eigenvalue weighted by atomic mass is 79.9. The van der Waals surface area contributed by atoms with Crippen LogP contribution in [0.2, 0.25) is 0 Å². The highest BCUT2D eigenvalue weighted by molar-refractivity contribution is 9.10. The molecule has 126 valence electrons. The van der Waals surface area contributed by atoms with Crippen LogP contribution in [0.4, 0.5) is 9.18 Å². The Hall–Kier alpha value is -2.22.